The van der Waals surface area contributed by atoms with Crippen LogP contribution in [0.15, 0.2) is 0 Å². The van der Waals surface area contributed by atoms with Crippen LogP contribution in [0.2, 0.25) is 0 Å². The molecule has 0 spiro atoms. The van der Waals surface area contributed by atoms with Crippen LogP contribution in [-0.2, 0) is 0 Å². The van der Waals surface area contributed by atoms with Gasteiger partial charge in [-0.2, -0.15) is 0 Å². The Bertz CT molecular complexity index is 61.1. The van der Waals surface area contributed by atoms with Gasteiger partial charge < -0.3 is 5.32 Å². The van der Waals surface area contributed by atoms with Gasteiger partial charge in [-0.15, -0.1) is 0 Å². The van der Waals surface area contributed by atoms with Crippen LogP contribution >= 0.6 is 0 Å². The third-order valence-corrected chi connectivity index (χ3v) is 1.79. The second kappa shape index (κ2) is 10.4. The van der Waals surface area contributed by atoms with Crippen molar-refractivity contribution in [2.45, 2.75) is 52.6 Å². The summed E-state index contributed by atoms with van der Waals surface area (Å²) in [5.74, 6) is 0. The van der Waals surface area contributed by atoms with Crippen LogP contribution in [0.25, 0.3) is 0 Å². The van der Waals surface area contributed by atoms with Crippen molar-refractivity contribution >= 4 is 19.5 Å². The summed E-state index contributed by atoms with van der Waals surface area (Å²) in [6.07, 6.45) is 2.45. The van der Waals surface area contributed by atoms with Gasteiger partial charge >= 0.3 is 0 Å². The van der Waals surface area contributed by atoms with Gasteiger partial charge in [-0.05, 0) is 46.2 Å². The van der Waals surface area contributed by atoms with Crippen molar-refractivity contribution < 1.29 is 0 Å². The number of hydrogen-bond donors (Lipinski definition) is 1. The molecular weight excluding hydrogens is 166 g/mol. The maximum Gasteiger partial charge on any atom is 0.00385 e. The normalized spacial score (nSPS) is 15.3. The van der Waals surface area contributed by atoms with E-state index in [2.05, 4.69) is 33.0 Å². The minimum atomic E-state index is 0.681. The molecule has 3 heteroatoms. The molecule has 0 aliphatic carbocycles. The van der Waals surface area contributed by atoms with Crippen molar-refractivity contribution in [3.63, 3.8) is 0 Å². The summed E-state index contributed by atoms with van der Waals surface area (Å²) < 4.78 is 0. The highest BCUT2D eigenvalue weighted by molar-refractivity contribution is 6.75. The molecule has 0 amide bonds. The molecule has 0 saturated carbocycles. The number of rotatable bonds is 4. The van der Waals surface area contributed by atoms with Gasteiger partial charge in [-0.1, -0.05) is 13.8 Å². The van der Waals surface area contributed by atoms with E-state index in [4.69, 9.17) is 0 Å². The molecule has 0 bridgehead atoms. The highest BCUT2D eigenvalue weighted by atomic mass is 29.1. The van der Waals surface area contributed by atoms with E-state index in [1.54, 1.807) is 0 Å². The molecule has 0 aromatic rings. The van der Waals surface area contributed by atoms with Crippen LogP contribution in [-0.4, -0.2) is 31.6 Å². The largest absolute Gasteiger partial charge is 0.312 e. The predicted octanol–water partition coefficient (Wildman–Crippen LogP) is -0.195. The summed E-state index contributed by atoms with van der Waals surface area (Å²) in [6, 6.07) is 1.36. The third kappa shape index (κ3) is 10.4. The molecule has 0 fully saturated rings. The van der Waals surface area contributed by atoms with E-state index >= 15 is 0 Å². The molecule has 0 aliphatic heterocycles. The van der Waals surface area contributed by atoms with Gasteiger partial charge in [0.05, 0.1) is 0 Å². The Kier molecular flexibility index (Phi) is 13.2. The molecule has 0 saturated heterocycles. The first-order chi connectivity index (χ1) is 5.20. The van der Waals surface area contributed by atoms with Gasteiger partial charge in [0, 0.05) is 12.1 Å². The number of nitrogens with one attached hydrogen (secondary N) is 1. The standard InChI is InChI=1S/C8H19N.H6Si2/c1-5-7(3)9-8(4)6-2;1-2/h7-9H,5-6H2,1-4H3;1-2H3. The molecule has 0 heterocycles. The minimum absolute atomic E-state index is 0.681. The van der Waals surface area contributed by atoms with Crippen LogP contribution in [0.3, 0.4) is 0 Å². The van der Waals surface area contributed by atoms with Gasteiger partial charge in [0.1, 0.15) is 0 Å². The summed E-state index contributed by atoms with van der Waals surface area (Å²) in [7, 11) is 2.89. The average molecular weight is 191 g/mol. The molecule has 0 aliphatic rings. The Balaban J connectivity index is 0. The fourth-order valence-electron chi connectivity index (χ4n) is 0.721. The fraction of sp³-hybridized carbons (Fsp3) is 1.00. The van der Waals surface area contributed by atoms with E-state index < -0.39 is 0 Å². The second-order valence-corrected chi connectivity index (χ2v) is 2.79. The van der Waals surface area contributed by atoms with E-state index in [9.17, 15) is 0 Å². The zero-order valence-electron chi connectivity index (χ0n) is 9.07. The molecule has 0 rings (SSSR count). The summed E-state index contributed by atoms with van der Waals surface area (Å²) in [4.78, 5) is 0. The topological polar surface area (TPSA) is 12.0 Å². The fourth-order valence-corrected chi connectivity index (χ4v) is 0.721. The van der Waals surface area contributed by atoms with Crippen LogP contribution in [0.4, 0.5) is 0 Å². The lowest BCUT2D eigenvalue weighted by atomic mass is 10.2. The zero-order chi connectivity index (χ0) is 9.28. The summed E-state index contributed by atoms with van der Waals surface area (Å²) in [6.45, 7) is 8.87. The summed E-state index contributed by atoms with van der Waals surface area (Å²) >= 11 is 0. The highest BCUT2D eigenvalue weighted by Gasteiger charge is 2.00. The molecule has 0 aromatic carbocycles. The van der Waals surface area contributed by atoms with E-state index in [0.717, 1.165) is 0 Å². The molecule has 0 radical (unpaired) electrons. The molecule has 70 valence electrons. The van der Waals surface area contributed by atoms with E-state index in [1.807, 2.05) is 0 Å². The summed E-state index contributed by atoms with van der Waals surface area (Å²) in [5, 5.41) is 3.48. The SMILES string of the molecule is CCC(C)NC(C)CC.[SiH3][SiH3]. The van der Waals surface area contributed by atoms with Crippen molar-refractivity contribution in [3.8, 4) is 0 Å². The Hall–Kier alpha value is 0.394. The van der Waals surface area contributed by atoms with Gasteiger partial charge in [0.15, 0.2) is 0 Å². The number of hydrogen-bond acceptors (Lipinski definition) is 1. The minimum Gasteiger partial charge on any atom is -0.312 e. The van der Waals surface area contributed by atoms with E-state index in [-0.39, 0.29) is 0 Å². The zero-order valence-corrected chi connectivity index (χ0v) is 13.1. The molecule has 2 unspecified atom stereocenters. The van der Waals surface area contributed by atoms with Crippen LogP contribution in [0, 0.1) is 0 Å². The predicted molar refractivity (Wildman–Crippen MR) is 62.5 cm³/mol. The third-order valence-electron chi connectivity index (χ3n) is 1.79. The maximum atomic E-state index is 3.48. The first kappa shape index (κ1) is 13.9. The van der Waals surface area contributed by atoms with Crippen molar-refractivity contribution in [2.24, 2.45) is 0 Å². The van der Waals surface area contributed by atoms with Crippen molar-refractivity contribution in [1.29, 1.82) is 0 Å². The lowest BCUT2D eigenvalue weighted by molar-refractivity contribution is 0.449. The monoisotopic (exact) mass is 191 g/mol. The second-order valence-electron chi connectivity index (χ2n) is 2.79. The lowest BCUT2D eigenvalue weighted by Crippen LogP contribution is -2.33. The van der Waals surface area contributed by atoms with Gasteiger partial charge in [-0.3, -0.25) is 0 Å². The van der Waals surface area contributed by atoms with Crippen LogP contribution in [0.5, 0.6) is 0 Å². The molecule has 11 heavy (non-hydrogen) atoms. The quantitative estimate of drug-likeness (QED) is 0.607. The molecule has 0 aromatic heterocycles. The van der Waals surface area contributed by atoms with Crippen molar-refractivity contribution in [3.05, 3.63) is 0 Å². The van der Waals surface area contributed by atoms with E-state index in [1.165, 1.54) is 32.4 Å². The molecule has 2 atom stereocenters. The summed E-state index contributed by atoms with van der Waals surface area (Å²) in [5.41, 5.74) is 0. The van der Waals surface area contributed by atoms with Crippen LogP contribution < -0.4 is 5.32 Å². The van der Waals surface area contributed by atoms with Crippen molar-refractivity contribution in [1.82, 2.24) is 5.32 Å². The smallest absolute Gasteiger partial charge is 0.00385 e. The van der Waals surface area contributed by atoms with Gasteiger partial charge in [0.25, 0.3) is 0 Å². The van der Waals surface area contributed by atoms with Gasteiger partial charge in [-0.25, -0.2) is 0 Å². The first-order valence-corrected chi connectivity index (χ1v) is 13.0. The Morgan fingerprint density at radius 2 is 1.27 bits per heavy atom. The molecule has 1 N–H and O–H groups in total. The van der Waals surface area contributed by atoms with E-state index in [0.29, 0.717) is 12.1 Å². The average Bonchev–Trinajstić information content (AvgIpc) is 2.07. The van der Waals surface area contributed by atoms with Crippen molar-refractivity contribution in [2.75, 3.05) is 0 Å². The molecular formula is C8H25NSi2. The Morgan fingerprint density at radius 1 is 1.00 bits per heavy atom. The van der Waals surface area contributed by atoms with Gasteiger partial charge in [0.2, 0.25) is 0 Å². The van der Waals surface area contributed by atoms with Crippen LogP contribution in [0.1, 0.15) is 40.5 Å². The first-order valence-electron chi connectivity index (χ1n) is 4.96. The maximum absolute atomic E-state index is 3.48. The Labute approximate surface area is 78.0 Å². The highest BCUT2D eigenvalue weighted by Crippen LogP contribution is 1.93. The molecule has 1 nitrogen and oxygen atoms in total. The Morgan fingerprint density at radius 3 is 1.45 bits per heavy atom. The lowest BCUT2D eigenvalue weighted by Gasteiger charge is -2.16.